The first-order valence-corrected chi connectivity index (χ1v) is 10.4. The number of amides is 1. The molecule has 1 aromatic heterocycles. The average Bonchev–Trinajstić information content (AvgIpc) is 3.20. The SMILES string of the molecule is COC(=O)CCC(Cc1ccccc1)C(=O)Nc1nc(-c2ccccc2Cl)cs1. The Morgan fingerprint density at radius 3 is 2.59 bits per heavy atom. The summed E-state index contributed by atoms with van der Waals surface area (Å²) in [6, 6.07) is 17.2. The number of rotatable bonds is 8. The van der Waals surface area contributed by atoms with Crippen LogP contribution in [0.2, 0.25) is 5.02 Å². The first kappa shape index (κ1) is 21.0. The van der Waals surface area contributed by atoms with Crippen LogP contribution in [0.25, 0.3) is 11.3 Å². The van der Waals surface area contributed by atoms with Crippen molar-refractivity contribution in [2.24, 2.45) is 5.92 Å². The molecule has 1 atom stereocenters. The van der Waals surface area contributed by atoms with Crippen LogP contribution in [0, 0.1) is 5.92 Å². The van der Waals surface area contributed by atoms with Gasteiger partial charge in [0.2, 0.25) is 5.91 Å². The summed E-state index contributed by atoms with van der Waals surface area (Å²) in [7, 11) is 1.35. The fourth-order valence-electron chi connectivity index (χ4n) is 2.95. The molecule has 0 bridgehead atoms. The summed E-state index contributed by atoms with van der Waals surface area (Å²) in [5.41, 5.74) is 2.57. The predicted molar refractivity (Wildman–Crippen MR) is 116 cm³/mol. The van der Waals surface area contributed by atoms with Crippen molar-refractivity contribution >= 4 is 39.9 Å². The van der Waals surface area contributed by atoms with Crippen LogP contribution in [0.3, 0.4) is 0 Å². The Morgan fingerprint density at radius 2 is 1.86 bits per heavy atom. The number of carbonyl (C=O) groups is 2. The lowest BCUT2D eigenvalue weighted by atomic mass is 9.94. The molecule has 1 N–H and O–H groups in total. The van der Waals surface area contributed by atoms with E-state index < -0.39 is 0 Å². The highest BCUT2D eigenvalue weighted by Crippen LogP contribution is 2.30. The summed E-state index contributed by atoms with van der Waals surface area (Å²) in [4.78, 5) is 29.0. The summed E-state index contributed by atoms with van der Waals surface area (Å²) >= 11 is 7.57. The normalized spacial score (nSPS) is 11.7. The average molecular weight is 429 g/mol. The van der Waals surface area contributed by atoms with Crippen LogP contribution in [-0.2, 0) is 20.7 Å². The van der Waals surface area contributed by atoms with Crippen LogP contribution in [0.15, 0.2) is 60.0 Å². The minimum Gasteiger partial charge on any atom is -0.469 e. The number of hydrogen-bond donors (Lipinski definition) is 1. The molecule has 0 aliphatic heterocycles. The zero-order chi connectivity index (χ0) is 20.6. The van der Waals surface area contributed by atoms with Crippen molar-refractivity contribution in [2.45, 2.75) is 19.3 Å². The molecule has 0 saturated carbocycles. The summed E-state index contributed by atoms with van der Waals surface area (Å²) in [6.45, 7) is 0. The number of hydrogen-bond acceptors (Lipinski definition) is 5. The Hall–Kier alpha value is -2.70. The maximum Gasteiger partial charge on any atom is 0.305 e. The molecule has 29 heavy (non-hydrogen) atoms. The van der Waals surface area contributed by atoms with E-state index in [1.54, 1.807) is 6.07 Å². The summed E-state index contributed by atoms with van der Waals surface area (Å²) in [5, 5.41) is 5.85. The highest BCUT2D eigenvalue weighted by Gasteiger charge is 2.22. The third-order valence-electron chi connectivity index (χ3n) is 4.50. The molecule has 0 saturated heterocycles. The van der Waals surface area contributed by atoms with Crippen molar-refractivity contribution < 1.29 is 14.3 Å². The lowest BCUT2D eigenvalue weighted by Gasteiger charge is -2.15. The largest absolute Gasteiger partial charge is 0.469 e. The Balaban J connectivity index is 1.72. The maximum atomic E-state index is 12.9. The Kier molecular flexibility index (Phi) is 7.38. The van der Waals surface area contributed by atoms with Crippen LogP contribution in [0.4, 0.5) is 5.13 Å². The van der Waals surface area contributed by atoms with Crippen molar-refractivity contribution in [1.29, 1.82) is 0 Å². The molecule has 7 heteroatoms. The second-order valence-electron chi connectivity index (χ2n) is 6.51. The van der Waals surface area contributed by atoms with E-state index in [0.29, 0.717) is 28.7 Å². The quantitative estimate of drug-likeness (QED) is 0.500. The monoisotopic (exact) mass is 428 g/mol. The fraction of sp³-hybridized carbons (Fsp3) is 0.227. The lowest BCUT2D eigenvalue weighted by Crippen LogP contribution is -2.25. The van der Waals surface area contributed by atoms with E-state index in [2.05, 4.69) is 10.3 Å². The molecule has 1 heterocycles. The zero-order valence-corrected chi connectivity index (χ0v) is 17.5. The number of nitrogens with one attached hydrogen (secondary N) is 1. The summed E-state index contributed by atoms with van der Waals surface area (Å²) in [5.74, 6) is -0.868. The summed E-state index contributed by atoms with van der Waals surface area (Å²) < 4.78 is 4.72. The van der Waals surface area contributed by atoms with E-state index in [-0.39, 0.29) is 24.2 Å². The van der Waals surface area contributed by atoms with Gasteiger partial charge in [-0.1, -0.05) is 60.1 Å². The smallest absolute Gasteiger partial charge is 0.305 e. The second-order valence-corrected chi connectivity index (χ2v) is 7.77. The first-order chi connectivity index (χ1) is 14.1. The Morgan fingerprint density at radius 1 is 1.14 bits per heavy atom. The van der Waals surface area contributed by atoms with E-state index in [0.717, 1.165) is 11.1 Å². The topological polar surface area (TPSA) is 68.3 Å². The van der Waals surface area contributed by atoms with Crippen LogP contribution in [-0.4, -0.2) is 24.0 Å². The van der Waals surface area contributed by atoms with Gasteiger partial charge >= 0.3 is 5.97 Å². The van der Waals surface area contributed by atoms with Gasteiger partial charge in [0.05, 0.1) is 12.8 Å². The van der Waals surface area contributed by atoms with Crippen LogP contribution in [0.1, 0.15) is 18.4 Å². The Labute approximate surface area is 178 Å². The molecule has 0 fully saturated rings. The number of ether oxygens (including phenoxy) is 1. The molecule has 1 unspecified atom stereocenters. The van der Waals surface area contributed by atoms with Gasteiger partial charge < -0.3 is 10.1 Å². The highest BCUT2D eigenvalue weighted by molar-refractivity contribution is 7.14. The van der Waals surface area contributed by atoms with E-state index in [9.17, 15) is 9.59 Å². The fourth-order valence-corrected chi connectivity index (χ4v) is 3.90. The number of carbonyl (C=O) groups excluding carboxylic acids is 2. The van der Waals surface area contributed by atoms with Gasteiger partial charge in [0.1, 0.15) is 0 Å². The van der Waals surface area contributed by atoms with Gasteiger partial charge in [0.15, 0.2) is 5.13 Å². The molecule has 0 spiro atoms. The minimum absolute atomic E-state index is 0.169. The molecule has 0 aliphatic rings. The maximum absolute atomic E-state index is 12.9. The summed E-state index contributed by atoms with van der Waals surface area (Å²) in [6.07, 6.45) is 1.12. The van der Waals surface area contributed by atoms with E-state index in [4.69, 9.17) is 16.3 Å². The standard InChI is InChI=1S/C22H21ClN2O3S/c1-28-20(26)12-11-16(13-15-7-3-2-4-8-15)21(27)25-22-24-19(14-29-22)17-9-5-6-10-18(17)23/h2-10,14,16H,11-13H2,1H3,(H,24,25,27). The number of methoxy groups -OCH3 is 1. The number of benzene rings is 2. The zero-order valence-electron chi connectivity index (χ0n) is 15.9. The molecule has 3 rings (SSSR count). The van der Waals surface area contributed by atoms with Gasteiger partial charge in [-0.2, -0.15) is 0 Å². The number of aromatic nitrogens is 1. The van der Waals surface area contributed by atoms with Crippen LogP contribution in [0.5, 0.6) is 0 Å². The van der Waals surface area contributed by atoms with Crippen molar-refractivity contribution in [3.8, 4) is 11.3 Å². The number of thiazole rings is 1. The molecule has 1 amide bonds. The number of anilines is 1. The number of esters is 1. The van der Waals surface area contributed by atoms with Crippen LogP contribution < -0.4 is 5.32 Å². The number of halogens is 1. The molecule has 3 aromatic rings. The van der Waals surface area contributed by atoms with Gasteiger partial charge in [-0.25, -0.2) is 4.98 Å². The van der Waals surface area contributed by atoms with Gasteiger partial charge in [-0.05, 0) is 24.5 Å². The van der Waals surface area contributed by atoms with Crippen LogP contribution >= 0.6 is 22.9 Å². The van der Waals surface area contributed by atoms with Gasteiger partial charge in [0, 0.05) is 28.3 Å². The molecule has 0 radical (unpaired) electrons. The lowest BCUT2D eigenvalue weighted by molar-refractivity contribution is -0.141. The van der Waals surface area contributed by atoms with E-state index in [1.807, 2.05) is 53.9 Å². The van der Waals surface area contributed by atoms with Crippen molar-refractivity contribution in [3.05, 3.63) is 70.6 Å². The van der Waals surface area contributed by atoms with Gasteiger partial charge in [0.25, 0.3) is 0 Å². The third kappa shape index (κ3) is 5.89. The molecule has 150 valence electrons. The van der Waals surface area contributed by atoms with Gasteiger partial charge in [-0.3, -0.25) is 9.59 Å². The first-order valence-electron chi connectivity index (χ1n) is 9.19. The predicted octanol–water partition coefficient (Wildman–Crippen LogP) is 5.21. The number of nitrogens with zero attached hydrogens (tertiary/aromatic N) is 1. The molecule has 5 nitrogen and oxygen atoms in total. The molecule has 0 aliphatic carbocycles. The molecular formula is C22H21ClN2O3S. The van der Waals surface area contributed by atoms with E-state index in [1.165, 1.54) is 18.4 Å². The molecular weight excluding hydrogens is 408 g/mol. The van der Waals surface area contributed by atoms with E-state index >= 15 is 0 Å². The molecule has 2 aromatic carbocycles. The van der Waals surface area contributed by atoms with Crippen molar-refractivity contribution in [2.75, 3.05) is 12.4 Å². The van der Waals surface area contributed by atoms with Crippen molar-refractivity contribution in [3.63, 3.8) is 0 Å². The third-order valence-corrected chi connectivity index (χ3v) is 5.59. The van der Waals surface area contributed by atoms with Gasteiger partial charge in [-0.15, -0.1) is 11.3 Å². The minimum atomic E-state index is -0.371. The Bertz CT molecular complexity index is 975. The highest BCUT2D eigenvalue weighted by atomic mass is 35.5. The second kappa shape index (κ2) is 10.2. The van der Waals surface area contributed by atoms with Crippen molar-refractivity contribution in [1.82, 2.24) is 4.98 Å².